The van der Waals surface area contributed by atoms with Gasteiger partial charge in [0.25, 0.3) is 0 Å². The highest BCUT2D eigenvalue weighted by Gasteiger charge is 2.22. The molecule has 0 unspecified atom stereocenters. The van der Waals surface area contributed by atoms with Gasteiger partial charge in [-0.05, 0) is 43.9 Å². The molecule has 6 nitrogen and oxygen atoms in total. The third-order valence-corrected chi connectivity index (χ3v) is 5.33. The van der Waals surface area contributed by atoms with Crippen LogP contribution >= 0.6 is 0 Å². The first kappa shape index (κ1) is 16.4. The van der Waals surface area contributed by atoms with Gasteiger partial charge in [-0.1, -0.05) is 6.07 Å². The minimum Gasteiger partial charge on any atom is -0.341 e. The molecule has 23 heavy (non-hydrogen) atoms. The number of rotatable bonds is 4. The fourth-order valence-electron chi connectivity index (χ4n) is 3.16. The number of nitrogens with one attached hydrogen (secondary N) is 2. The highest BCUT2D eigenvalue weighted by atomic mass is 32.2. The third-order valence-electron chi connectivity index (χ3n) is 4.57. The summed E-state index contributed by atoms with van der Waals surface area (Å²) in [6, 6.07) is 4.25. The number of likely N-dealkylation sites (tertiary alicyclic amines) is 1. The molecule has 0 amide bonds. The van der Waals surface area contributed by atoms with E-state index in [1.54, 1.807) is 0 Å². The van der Waals surface area contributed by atoms with Crippen LogP contribution in [0.4, 0.5) is 0 Å². The van der Waals surface area contributed by atoms with Crippen LogP contribution in [-0.2, 0) is 16.6 Å². The van der Waals surface area contributed by atoms with Crippen molar-refractivity contribution in [3.63, 3.8) is 0 Å². The van der Waals surface area contributed by atoms with E-state index >= 15 is 0 Å². The summed E-state index contributed by atoms with van der Waals surface area (Å²) in [6.45, 7) is 6.73. The number of H-pyrrole nitrogens is 1. The van der Waals surface area contributed by atoms with Crippen LogP contribution in [0, 0.1) is 13.8 Å². The fraction of sp³-hybridized carbons (Fsp3) is 0.562. The van der Waals surface area contributed by atoms with E-state index in [0.717, 1.165) is 49.3 Å². The number of benzene rings is 1. The molecule has 1 aromatic heterocycles. The van der Waals surface area contributed by atoms with Crippen LogP contribution in [0.2, 0.25) is 0 Å². The van der Waals surface area contributed by atoms with Gasteiger partial charge in [-0.15, -0.1) is 0 Å². The molecule has 0 bridgehead atoms. The maximum absolute atomic E-state index is 11.3. The molecule has 2 aromatic rings. The lowest BCUT2D eigenvalue weighted by atomic mass is 10.1. The first-order valence-corrected chi connectivity index (χ1v) is 9.85. The SMILES string of the molecule is Cc1ccc2[nH]c(CN3CCC(NS(C)(=O)=O)CC3)nc2c1C. The highest BCUT2D eigenvalue weighted by molar-refractivity contribution is 7.88. The van der Waals surface area contributed by atoms with Crippen molar-refractivity contribution in [3.8, 4) is 0 Å². The van der Waals surface area contributed by atoms with Crippen molar-refractivity contribution in [1.82, 2.24) is 19.6 Å². The number of aromatic amines is 1. The van der Waals surface area contributed by atoms with Crippen LogP contribution in [0.5, 0.6) is 0 Å². The first-order valence-electron chi connectivity index (χ1n) is 7.96. The maximum atomic E-state index is 11.3. The number of fused-ring (bicyclic) bond motifs is 1. The molecule has 0 saturated carbocycles. The lowest BCUT2D eigenvalue weighted by molar-refractivity contribution is 0.196. The molecular formula is C16H24N4O2S. The van der Waals surface area contributed by atoms with Gasteiger partial charge in [0.2, 0.25) is 10.0 Å². The molecule has 1 aliphatic heterocycles. The largest absolute Gasteiger partial charge is 0.341 e. The summed E-state index contributed by atoms with van der Waals surface area (Å²) >= 11 is 0. The van der Waals surface area contributed by atoms with E-state index in [0.29, 0.717) is 0 Å². The number of aryl methyl sites for hydroxylation is 2. The maximum Gasteiger partial charge on any atom is 0.208 e. The standard InChI is InChI=1S/C16H24N4O2S/c1-11-4-5-14-16(12(11)2)18-15(17-14)10-20-8-6-13(7-9-20)19-23(3,21)22/h4-5,13,19H,6-10H2,1-3H3,(H,17,18). The Morgan fingerprint density at radius 2 is 2.00 bits per heavy atom. The normalized spacial score (nSPS) is 17.9. The van der Waals surface area contributed by atoms with Crippen molar-refractivity contribution in [2.24, 2.45) is 0 Å². The molecule has 1 saturated heterocycles. The van der Waals surface area contributed by atoms with Crippen molar-refractivity contribution in [1.29, 1.82) is 0 Å². The zero-order valence-electron chi connectivity index (χ0n) is 13.9. The zero-order valence-corrected chi connectivity index (χ0v) is 14.7. The Morgan fingerprint density at radius 3 is 2.65 bits per heavy atom. The first-order chi connectivity index (χ1) is 10.8. The molecule has 0 atom stereocenters. The Morgan fingerprint density at radius 1 is 1.30 bits per heavy atom. The molecular weight excluding hydrogens is 312 g/mol. The van der Waals surface area contributed by atoms with E-state index < -0.39 is 10.0 Å². The van der Waals surface area contributed by atoms with Gasteiger partial charge in [-0.3, -0.25) is 4.90 Å². The Kier molecular flexibility index (Phi) is 4.44. The second-order valence-electron chi connectivity index (χ2n) is 6.53. The van der Waals surface area contributed by atoms with Crippen molar-refractivity contribution in [2.45, 2.75) is 39.3 Å². The third kappa shape index (κ3) is 3.91. The van der Waals surface area contributed by atoms with Crippen molar-refractivity contribution in [3.05, 3.63) is 29.1 Å². The molecule has 0 aliphatic carbocycles. The predicted molar refractivity (Wildman–Crippen MR) is 91.8 cm³/mol. The number of sulfonamides is 1. The van der Waals surface area contributed by atoms with Gasteiger partial charge < -0.3 is 4.98 Å². The van der Waals surface area contributed by atoms with E-state index in [1.807, 2.05) is 0 Å². The van der Waals surface area contributed by atoms with Gasteiger partial charge >= 0.3 is 0 Å². The second kappa shape index (κ2) is 6.22. The van der Waals surface area contributed by atoms with Crippen molar-refractivity contribution in [2.75, 3.05) is 19.3 Å². The minimum absolute atomic E-state index is 0.0572. The molecule has 0 radical (unpaired) electrons. The zero-order chi connectivity index (χ0) is 16.6. The average molecular weight is 336 g/mol. The molecule has 3 rings (SSSR count). The Hall–Kier alpha value is -1.44. The minimum atomic E-state index is -3.11. The van der Waals surface area contributed by atoms with Gasteiger partial charge in [-0.25, -0.2) is 18.1 Å². The van der Waals surface area contributed by atoms with E-state index in [1.165, 1.54) is 17.4 Å². The quantitative estimate of drug-likeness (QED) is 0.891. The molecule has 1 fully saturated rings. The van der Waals surface area contributed by atoms with E-state index in [9.17, 15) is 8.42 Å². The molecule has 2 N–H and O–H groups in total. The van der Waals surface area contributed by atoms with Gasteiger partial charge in [0, 0.05) is 19.1 Å². The number of hydrogen-bond acceptors (Lipinski definition) is 4. The topological polar surface area (TPSA) is 78.1 Å². The number of aromatic nitrogens is 2. The van der Waals surface area contributed by atoms with Crippen LogP contribution in [0.3, 0.4) is 0 Å². The van der Waals surface area contributed by atoms with Crippen LogP contribution in [0.15, 0.2) is 12.1 Å². The van der Waals surface area contributed by atoms with Crippen LogP contribution in [0.1, 0.15) is 29.8 Å². The smallest absolute Gasteiger partial charge is 0.208 e. The number of nitrogens with zero attached hydrogens (tertiary/aromatic N) is 2. The summed E-state index contributed by atoms with van der Waals surface area (Å²) < 4.78 is 25.3. The highest BCUT2D eigenvalue weighted by Crippen LogP contribution is 2.20. The summed E-state index contributed by atoms with van der Waals surface area (Å²) in [5, 5.41) is 0. The predicted octanol–water partition coefficient (Wildman–Crippen LogP) is 1.69. The van der Waals surface area contributed by atoms with E-state index in [2.05, 4.69) is 40.6 Å². The molecule has 126 valence electrons. The summed E-state index contributed by atoms with van der Waals surface area (Å²) in [6.07, 6.45) is 2.90. The lowest BCUT2D eigenvalue weighted by Gasteiger charge is -2.31. The molecule has 1 aromatic carbocycles. The van der Waals surface area contributed by atoms with Gasteiger partial charge in [0.1, 0.15) is 5.82 Å². The summed E-state index contributed by atoms with van der Waals surface area (Å²) in [5.41, 5.74) is 4.61. The van der Waals surface area contributed by atoms with Gasteiger partial charge in [-0.2, -0.15) is 0 Å². The van der Waals surface area contributed by atoms with Crippen LogP contribution in [-0.4, -0.2) is 48.7 Å². The van der Waals surface area contributed by atoms with E-state index in [4.69, 9.17) is 4.98 Å². The molecule has 7 heteroatoms. The number of piperidine rings is 1. The summed E-state index contributed by atoms with van der Waals surface area (Å²) in [5.74, 6) is 0.975. The van der Waals surface area contributed by atoms with E-state index in [-0.39, 0.29) is 6.04 Å². The molecule has 2 heterocycles. The summed E-state index contributed by atoms with van der Waals surface area (Å²) in [7, 11) is -3.11. The monoisotopic (exact) mass is 336 g/mol. The van der Waals surface area contributed by atoms with Crippen molar-refractivity contribution >= 4 is 21.1 Å². The second-order valence-corrected chi connectivity index (χ2v) is 8.31. The summed E-state index contributed by atoms with van der Waals surface area (Å²) in [4.78, 5) is 10.5. The Balaban J connectivity index is 1.64. The molecule has 1 aliphatic rings. The fourth-order valence-corrected chi connectivity index (χ4v) is 4.00. The number of hydrogen-bond donors (Lipinski definition) is 2. The average Bonchev–Trinajstić information content (AvgIpc) is 2.87. The Bertz CT molecular complexity index is 805. The number of imidazole rings is 1. The molecule has 0 spiro atoms. The Labute approximate surface area is 137 Å². The van der Waals surface area contributed by atoms with Crippen LogP contribution in [0.25, 0.3) is 11.0 Å². The lowest BCUT2D eigenvalue weighted by Crippen LogP contribution is -2.44. The van der Waals surface area contributed by atoms with Crippen molar-refractivity contribution < 1.29 is 8.42 Å². The van der Waals surface area contributed by atoms with Gasteiger partial charge in [0.15, 0.2) is 0 Å². The van der Waals surface area contributed by atoms with Crippen LogP contribution < -0.4 is 4.72 Å². The van der Waals surface area contributed by atoms with Gasteiger partial charge in [0.05, 0.1) is 23.8 Å².